The maximum Gasteiger partial charge on any atom is 0.331 e. The van der Waals surface area contributed by atoms with Crippen LogP contribution in [0.15, 0.2) is 60.7 Å². The first-order valence-electron chi connectivity index (χ1n) is 9.87. The van der Waals surface area contributed by atoms with Crippen LogP contribution in [-0.4, -0.2) is 23.3 Å². The standard InChI is InChI=1S/C24H30O4/c1-4-22(25)18(3)23(5-2)28-24(26)15-14-19-12-9-13-21(16-19)27-17-20-10-7-6-8-11-20/h6-16,18,22-23,25H,4-5,17H2,1-3H3/t18?,22-,23+/m0/s1. The van der Waals surface area contributed by atoms with Crippen LogP contribution in [0.1, 0.15) is 44.7 Å². The Balaban J connectivity index is 1.93. The van der Waals surface area contributed by atoms with Crippen molar-refractivity contribution in [3.63, 3.8) is 0 Å². The molecule has 150 valence electrons. The lowest BCUT2D eigenvalue weighted by atomic mass is 9.94. The predicted octanol–water partition coefficient (Wildman–Crippen LogP) is 5.01. The molecule has 3 atom stereocenters. The van der Waals surface area contributed by atoms with E-state index in [9.17, 15) is 9.90 Å². The van der Waals surface area contributed by atoms with Crippen LogP contribution in [0, 0.1) is 5.92 Å². The van der Waals surface area contributed by atoms with Crippen molar-refractivity contribution in [2.45, 2.75) is 52.4 Å². The minimum atomic E-state index is -0.472. The number of carbonyl (C=O) groups excluding carboxylic acids is 1. The van der Waals surface area contributed by atoms with Crippen molar-refractivity contribution < 1.29 is 19.4 Å². The van der Waals surface area contributed by atoms with E-state index < -0.39 is 12.1 Å². The second-order valence-corrected chi connectivity index (χ2v) is 6.90. The molecular weight excluding hydrogens is 352 g/mol. The van der Waals surface area contributed by atoms with Crippen LogP contribution in [0.5, 0.6) is 5.75 Å². The van der Waals surface area contributed by atoms with Crippen LogP contribution in [0.2, 0.25) is 0 Å². The van der Waals surface area contributed by atoms with Gasteiger partial charge in [-0.3, -0.25) is 0 Å². The van der Waals surface area contributed by atoms with Crippen LogP contribution >= 0.6 is 0 Å². The first-order valence-corrected chi connectivity index (χ1v) is 9.87. The number of ether oxygens (including phenoxy) is 2. The maximum atomic E-state index is 12.2. The summed E-state index contributed by atoms with van der Waals surface area (Å²) in [5.74, 6) is 0.241. The van der Waals surface area contributed by atoms with Gasteiger partial charge in [-0.25, -0.2) is 4.79 Å². The highest BCUT2D eigenvalue weighted by molar-refractivity contribution is 5.87. The summed E-state index contributed by atoms with van der Waals surface area (Å²) in [5, 5.41) is 9.99. The minimum absolute atomic E-state index is 0.0953. The molecule has 2 aromatic carbocycles. The second kappa shape index (κ2) is 11.3. The number of aliphatic hydroxyl groups excluding tert-OH is 1. The Labute approximate surface area is 167 Å². The van der Waals surface area contributed by atoms with Gasteiger partial charge < -0.3 is 14.6 Å². The summed E-state index contributed by atoms with van der Waals surface area (Å²) in [6, 6.07) is 17.5. The molecule has 2 rings (SSSR count). The summed E-state index contributed by atoms with van der Waals surface area (Å²) >= 11 is 0. The number of esters is 1. The largest absolute Gasteiger partial charge is 0.489 e. The molecule has 1 N–H and O–H groups in total. The van der Waals surface area contributed by atoms with Gasteiger partial charge in [0.2, 0.25) is 0 Å². The Hall–Kier alpha value is -2.59. The predicted molar refractivity (Wildman–Crippen MR) is 112 cm³/mol. The van der Waals surface area contributed by atoms with E-state index in [0.29, 0.717) is 19.4 Å². The van der Waals surface area contributed by atoms with Gasteiger partial charge in [-0.1, -0.05) is 63.2 Å². The molecule has 2 aromatic rings. The quantitative estimate of drug-likeness (QED) is 0.464. The second-order valence-electron chi connectivity index (χ2n) is 6.90. The number of hydrogen-bond acceptors (Lipinski definition) is 4. The zero-order valence-corrected chi connectivity index (χ0v) is 16.9. The molecule has 0 aliphatic rings. The summed E-state index contributed by atoms with van der Waals surface area (Å²) < 4.78 is 11.3. The fourth-order valence-electron chi connectivity index (χ4n) is 2.98. The van der Waals surface area contributed by atoms with Gasteiger partial charge in [0.25, 0.3) is 0 Å². The molecule has 0 fully saturated rings. The molecule has 0 aliphatic carbocycles. The number of rotatable bonds is 10. The maximum absolute atomic E-state index is 12.2. The number of benzene rings is 2. The lowest BCUT2D eigenvalue weighted by molar-refractivity contribution is -0.147. The summed E-state index contributed by atoms with van der Waals surface area (Å²) in [7, 11) is 0. The SMILES string of the molecule is CC[C@H](O)C(C)[C@@H](CC)OC(=O)C=Cc1cccc(OCc2ccccc2)c1. The van der Waals surface area contributed by atoms with Crippen LogP contribution < -0.4 is 4.74 Å². The molecule has 0 amide bonds. The van der Waals surface area contributed by atoms with E-state index in [1.807, 2.05) is 75.4 Å². The van der Waals surface area contributed by atoms with Gasteiger partial charge in [0.15, 0.2) is 0 Å². The average molecular weight is 383 g/mol. The molecule has 0 saturated heterocycles. The van der Waals surface area contributed by atoms with Crippen molar-refractivity contribution >= 4 is 12.0 Å². The summed E-state index contributed by atoms with van der Waals surface area (Å²) in [6.45, 7) is 6.27. The Morgan fingerprint density at radius 1 is 1.07 bits per heavy atom. The number of hydrogen-bond donors (Lipinski definition) is 1. The van der Waals surface area contributed by atoms with Gasteiger partial charge in [-0.2, -0.15) is 0 Å². The minimum Gasteiger partial charge on any atom is -0.489 e. The molecule has 0 spiro atoms. The van der Waals surface area contributed by atoms with Crippen molar-refractivity contribution in [3.05, 3.63) is 71.8 Å². The van der Waals surface area contributed by atoms with Crippen molar-refractivity contribution in [2.75, 3.05) is 0 Å². The van der Waals surface area contributed by atoms with E-state index in [1.165, 1.54) is 6.08 Å². The van der Waals surface area contributed by atoms with E-state index >= 15 is 0 Å². The topological polar surface area (TPSA) is 55.8 Å². The van der Waals surface area contributed by atoms with Gasteiger partial charge in [0.1, 0.15) is 18.5 Å². The molecule has 1 unspecified atom stereocenters. The zero-order chi connectivity index (χ0) is 20.4. The van der Waals surface area contributed by atoms with Crippen LogP contribution in [0.3, 0.4) is 0 Å². The normalized spacial score (nSPS) is 14.4. The fourth-order valence-corrected chi connectivity index (χ4v) is 2.98. The Morgan fingerprint density at radius 3 is 2.50 bits per heavy atom. The van der Waals surface area contributed by atoms with Crippen molar-refractivity contribution in [3.8, 4) is 5.75 Å². The van der Waals surface area contributed by atoms with Gasteiger partial charge in [-0.15, -0.1) is 0 Å². The van der Waals surface area contributed by atoms with Gasteiger partial charge in [-0.05, 0) is 42.2 Å². The van der Waals surface area contributed by atoms with Crippen molar-refractivity contribution in [1.82, 2.24) is 0 Å². The molecule has 0 aromatic heterocycles. The Bertz CT molecular complexity index is 754. The Kier molecular flexibility index (Phi) is 8.76. The average Bonchev–Trinajstić information content (AvgIpc) is 2.74. The third-order valence-corrected chi connectivity index (χ3v) is 4.80. The molecule has 0 saturated carbocycles. The van der Waals surface area contributed by atoms with E-state index in [1.54, 1.807) is 6.08 Å². The van der Waals surface area contributed by atoms with E-state index in [2.05, 4.69) is 0 Å². The molecule has 0 radical (unpaired) electrons. The third-order valence-electron chi connectivity index (χ3n) is 4.80. The third kappa shape index (κ3) is 6.86. The molecule has 4 nitrogen and oxygen atoms in total. The fraction of sp³-hybridized carbons (Fsp3) is 0.375. The Morgan fingerprint density at radius 2 is 1.82 bits per heavy atom. The first kappa shape index (κ1) is 21.7. The zero-order valence-electron chi connectivity index (χ0n) is 16.9. The van der Waals surface area contributed by atoms with Crippen molar-refractivity contribution in [2.24, 2.45) is 5.92 Å². The lowest BCUT2D eigenvalue weighted by Crippen LogP contribution is -2.32. The van der Waals surface area contributed by atoms with Gasteiger partial charge in [0.05, 0.1) is 6.10 Å². The summed E-state index contributed by atoms with van der Waals surface area (Å²) in [4.78, 5) is 12.2. The summed E-state index contributed by atoms with van der Waals surface area (Å²) in [5.41, 5.74) is 1.96. The highest BCUT2D eigenvalue weighted by atomic mass is 16.5. The smallest absolute Gasteiger partial charge is 0.331 e. The van der Waals surface area contributed by atoms with Gasteiger partial charge >= 0.3 is 5.97 Å². The number of carbonyl (C=O) groups is 1. The van der Waals surface area contributed by atoms with E-state index in [0.717, 1.165) is 16.9 Å². The molecule has 0 bridgehead atoms. The monoisotopic (exact) mass is 382 g/mol. The van der Waals surface area contributed by atoms with Crippen LogP contribution in [-0.2, 0) is 16.1 Å². The van der Waals surface area contributed by atoms with E-state index in [4.69, 9.17) is 9.47 Å². The molecule has 0 heterocycles. The molecule has 4 heteroatoms. The van der Waals surface area contributed by atoms with Crippen molar-refractivity contribution in [1.29, 1.82) is 0 Å². The number of aliphatic hydroxyl groups is 1. The highest BCUT2D eigenvalue weighted by Gasteiger charge is 2.24. The molecular formula is C24H30O4. The highest BCUT2D eigenvalue weighted by Crippen LogP contribution is 2.19. The van der Waals surface area contributed by atoms with Gasteiger partial charge in [0, 0.05) is 12.0 Å². The van der Waals surface area contributed by atoms with E-state index in [-0.39, 0.29) is 12.0 Å². The summed E-state index contributed by atoms with van der Waals surface area (Å²) in [6.07, 6.45) is 3.67. The van der Waals surface area contributed by atoms with Crippen LogP contribution in [0.25, 0.3) is 6.08 Å². The lowest BCUT2D eigenvalue weighted by Gasteiger charge is -2.26. The molecule has 0 aliphatic heterocycles. The molecule has 28 heavy (non-hydrogen) atoms. The van der Waals surface area contributed by atoms with Crippen LogP contribution in [0.4, 0.5) is 0 Å². The first-order chi connectivity index (χ1) is 13.5.